The van der Waals surface area contributed by atoms with Crippen LogP contribution in [0.2, 0.25) is 0 Å². The van der Waals surface area contributed by atoms with E-state index in [1.807, 2.05) is 0 Å². The van der Waals surface area contributed by atoms with E-state index in [1.54, 1.807) is 0 Å². The summed E-state index contributed by atoms with van der Waals surface area (Å²) in [4.78, 5) is 9.24. The van der Waals surface area contributed by atoms with Crippen LogP contribution in [-0.2, 0) is 4.79 Å². The normalized spacial score (nSPS) is 6.17. The van der Waals surface area contributed by atoms with Gasteiger partial charge >= 0.3 is 5.97 Å². The van der Waals surface area contributed by atoms with Crippen LogP contribution in [0.25, 0.3) is 0 Å². The van der Waals surface area contributed by atoms with E-state index in [4.69, 9.17) is 5.11 Å². The van der Waals surface area contributed by atoms with Crippen molar-refractivity contribution < 1.29 is 51.6 Å². The SMILES string of the molecule is NCC(=O)O.[Ce]. The largest absolute Gasteiger partial charge is 0.480 e. The standard InChI is InChI=1S/C2H5NO2.Ce/c3-1-2(4)5;/h1,3H2,(H,4,5);. The van der Waals surface area contributed by atoms with E-state index in [-0.39, 0.29) is 48.3 Å². The average molecular weight is 215 g/mol. The van der Waals surface area contributed by atoms with Crippen molar-refractivity contribution in [3.05, 3.63) is 0 Å². The van der Waals surface area contributed by atoms with Crippen molar-refractivity contribution in [2.45, 2.75) is 0 Å². The maximum absolute atomic E-state index is 9.24. The molecule has 0 aromatic rings. The van der Waals surface area contributed by atoms with Gasteiger partial charge < -0.3 is 10.8 Å². The maximum Gasteiger partial charge on any atom is 0.317 e. The van der Waals surface area contributed by atoms with Crippen LogP contribution < -0.4 is 5.73 Å². The van der Waals surface area contributed by atoms with E-state index < -0.39 is 5.97 Å². The Labute approximate surface area is 69.3 Å². The van der Waals surface area contributed by atoms with Crippen molar-refractivity contribution in [3.8, 4) is 0 Å². The number of carboxylic acid groups (broad SMARTS) is 1. The fraction of sp³-hybridized carbons (Fsp3) is 0.500. The first-order valence-corrected chi connectivity index (χ1v) is 1.19. The summed E-state index contributed by atoms with van der Waals surface area (Å²) in [7, 11) is 0. The molecule has 34 valence electrons. The number of hydrogen-bond acceptors (Lipinski definition) is 2. The van der Waals surface area contributed by atoms with Gasteiger partial charge in [-0.2, -0.15) is 0 Å². The second kappa shape index (κ2) is 5.81. The van der Waals surface area contributed by atoms with Gasteiger partial charge in [-0.15, -0.1) is 0 Å². The molecule has 0 bridgehead atoms. The average Bonchev–Trinajstić information content (AvgIpc) is 1.38. The maximum atomic E-state index is 9.24. The van der Waals surface area contributed by atoms with Crippen LogP contribution in [0.15, 0.2) is 0 Å². The Morgan fingerprint density at radius 2 is 2.00 bits per heavy atom. The molecule has 3 nitrogen and oxygen atoms in total. The van der Waals surface area contributed by atoms with Gasteiger partial charge in [-0.25, -0.2) is 0 Å². The van der Waals surface area contributed by atoms with E-state index in [0.29, 0.717) is 0 Å². The topological polar surface area (TPSA) is 63.3 Å². The van der Waals surface area contributed by atoms with Gasteiger partial charge in [0.25, 0.3) is 0 Å². The molecule has 0 rings (SSSR count). The Morgan fingerprint density at radius 3 is 2.00 bits per heavy atom. The summed E-state index contributed by atoms with van der Waals surface area (Å²) in [6.07, 6.45) is 0. The zero-order valence-electron chi connectivity index (χ0n) is 3.14. The Bertz CT molecular complexity index is 46.8. The van der Waals surface area contributed by atoms with Crippen LogP contribution in [0.1, 0.15) is 0 Å². The number of nitrogens with two attached hydrogens (primary N) is 1. The van der Waals surface area contributed by atoms with Crippen LogP contribution in [0.5, 0.6) is 0 Å². The second-order valence-corrected chi connectivity index (χ2v) is 0.598. The molecule has 0 radical (unpaired) electrons. The summed E-state index contributed by atoms with van der Waals surface area (Å²) in [6.45, 7) is -0.278. The van der Waals surface area contributed by atoms with E-state index in [0.717, 1.165) is 0 Å². The van der Waals surface area contributed by atoms with Crippen LogP contribution in [0.3, 0.4) is 0 Å². The second-order valence-electron chi connectivity index (χ2n) is 0.598. The first-order valence-electron chi connectivity index (χ1n) is 1.19. The fourth-order valence-electron chi connectivity index (χ4n) is 0. The molecule has 0 atom stereocenters. The molecule has 6 heavy (non-hydrogen) atoms. The molecular formula is C2H5CeNO2. The summed E-state index contributed by atoms with van der Waals surface area (Å²) in [6, 6.07) is 0. The molecule has 0 aromatic heterocycles. The number of hydrogen-bond donors (Lipinski definition) is 2. The van der Waals surface area contributed by atoms with Crippen LogP contribution in [0, 0.1) is 41.7 Å². The minimum absolute atomic E-state index is 0. The molecule has 0 unspecified atom stereocenters. The first kappa shape index (κ1) is 9.93. The monoisotopic (exact) mass is 215 g/mol. The zero-order valence-corrected chi connectivity index (χ0v) is 6.28. The quantitative estimate of drug-likeness (QED) is 0.591. The van der Waals surface area contributed by atoms with Crippen molar-refractivity contribution in [2.24, 2.45) is 5.73 Å². The molecule has 0 spiro atoms. The molecule has 0 aliphatic rings. The van der Waals surface area contributed by atoms with Gasteiger partial charge in [0.1, 0.15) is 0 Å². The van der Waals surface area contributed by atoms with Gasteiger partial charge in [0, 0.05) is 41.7 Å². The smallest absolute Gasteiger partial charge is 0.317 e. The molecule has 0 fully saturated rings. The van der Waals surface area contributed by atoms with Gasteiger partial charge in [0.05, 0.1) is 6.54 Å². The van der Waals surface area contributed by atoms with Gasteiger partial charge in [-0.05, 0) is 0 Å². The minimum atomic E-state index is -0.968. The van der Waals surface area contributed by atoms with E-state index in [9.17, 15) is 4.79 Å². The van der Waals surface area contributed by atoms with Gasteiger partial charge in [0.15, 0.2) is 0 Å². The molecule has 3 N–H and O–H groups in total. The summed E-state index contributed by atoms with van der Waals surface area (Å²) in [5.41, 5.74) is 4.57. The summed E-state index contributed by atoms with van der Waals surface area (Å²) < 4.78 is 0. The Hall–Kier alpha value is 0.807. The molecule has 0 aliphatic heterocycles. The van der Waals surface area contributed by atoms with Crippen LogP contribution in [-0.4, -0.2) is 17.6 Å². The molecule has 0 saturated heterocycles. The number of carbonyl (C=O) groups is 1. The third-order valence-electron chi connectivity index (χ3n) is 0.175. The van der Waals surface area contributed by atoms with E-state index >= 15 is 0 Å². The van der Waals surface area contributed by atoms with Crippen molar-refractivity contribution >= 4 is 5.97 Å². The Morgan fingerprint density at radius 1 is 1.83 bits per heavy atom. The van der Waals surface area contributed by atoms with Gasteiger partial charge in [-0.1, -0.05) is 0 Å². The Kier molecular flexibility index (Phi) is 9.61. The van der Waals surface area contributed by atoms with Crippen molar-refractivity contribution in [1.29, 1.82) is 0 Å². The molecule has 0 heterocycles. The predicted molar refractivity (Wildman–Crippen MR) is 16.7 cm³/mol. The predicted octanol–water partition coefficient (Wildman–Crippen LogP) is -0.970. The molecule has 0 saturated carbocycles. The van der Waals surface area contributed by atoms with E-state index in [1.165, 1.54) is 0 Å². The first-order chi connectivity index (χ1) is 2.27. The summed E-state index contributed by atoms with van der Waals surface area (Å²) >= 11 is 0. The third kappa shape index (κ3) is 8.84. The van der Waals surface area contributed by atoms with Crippen molar-refractivity contribution in [3.63, 3.8) is 0 Å². The van der Waals surface area contributed by atoms with Crippen LogP contribution in [0.4, 0.5) is 0 Å². The van der Waals surface area contributed by atoms with Crippen molar-refractivity contribution in [2.75, 3.05) is 6.54 Å². The summed E-state index contributed by atoms with van der Waals surface area (Å²) in [5.74, 6) is -0.968. The number of aliphatic carboxylic acids is 1. The number of carboxylic acids is 1. The van der Waals surface area contributed by atoms with E-state index in [2.05, 4.69) is 5.73 Å². The van der Waals surface area contributed by atoms with Crippen LogP contribution >= 0.6 is 0 Å². The minimum Gasteiger partial charge on any atom is -0.480 e. The Balaban J connectivity index is 0. The van der Waals surface area contributed by atoms with Crippen molar-refractivity contribution in [1.82, 2.24) is 0 Å². The van der Waals surface area contributed by atoms with Gasteiger partial charge in [0.2, 0.25) is 0 Å². The zero-order chi connectivity index (χ0) is 4.28. The third-order valence-corrected chi connectivity index (χ3v) is 0.175. The molecule has 0 amide bonds. The molecule has 4 heteroatoms. The number of rotatable bonds is 1. The van der Waals surface area contributed by atoms with Gasteiger partial charge in [-0.3, -0.25) is 4.79 Å². The molecule has 0 aromatic carbocycles. The molecular weight excluding hydrogens is 210 g/mol. The fourth-order valence-corrected chi connectivity index (χ4v) is 0. The summed E-state index contributed by atoms with van der Waals surface area (Å²) in [5, 5.41) is 7.60. The molecule has 0 aliphatic carbocycles.